The summed E-state index contributed by atoms with van der Waals surface area (Å²) in [6.07, 6.45) is 10.6. The van der Waals surface area contributed by atoms with Crippen LogP contribution in [0.25, 0.3) is 0 Å². The lowest BCUT2D eigenvalue weighted by Crippen LogP contribution is -2.26. The van der Waals surface area contributed by atoms with E-state index in [-0.39, 0.29) is 11.3 Å². The van der Waals surface area contributed by atoms with Crippen LogP contribution >= 0.6 is 0 Å². The third-order valence-electron chi connectivity index (χ3n) is 5.15. The molecule has 1 atom stereocenters. The highest BCUT2D eigenvalue weighted by Crippen LogP contribution is 2.44. The summed E-state index contributed by atoms with van der Waals surface area (Å²) in [7, 11) is 0. The predicted molar refractivity (Wildman–Crippen MR) is 72.9 cm³/mol. The number of hydrogen-bond acceptors (Lipinski definition) is 3. The maximum atomic E-state index is 11.7. The molecule has 1 aromatic heterocycles. The molecule has 0 radical (unpaired) electrons. The normalized spacial score (nSPS) is 24.1. The first kappa shape index (κ1) is 12.8. The van der Waals surface area contributed by atoms with Crippen molar-refractivity contribution in [2.24, 2.45) is 5.92 Å². The summed E-state index contributed by atoms with van der Waals surface area (Å²) in [5.74, 6) is 1.43. The molecule has 0 bridgehead atoms. The molecule has 0 aliphatic heterocycles. The van der Waals surface area contributed by atoms with Gasteiger partial charge in [0, 0.05) is 12.1 Å². The molecule has 2 saturated carbocycles. The van der Waals surface area contributed by atoms with Crippen molar-refractivity contribution in [3.8, 4) is 0 Å². The first-order valence-electron chi connectivity index (χ1n) is 7.57. The molecule has 2 aliphatic rings. The smallest absolute Gasteiger partial charge is 0.157 e. The van der Waals surface area contributed by atoms with Crippen LogP contribution < -0.4 is 0 Å². The minimum absolute atomic E-state index is 0.217. The van der Waals surface area contributed by atoms with Gasteiger partial charge < -0.3 is 0 Å². The molecule has 4 heteroatoms. The first-order valence-corrected chi connectivity index (χ1v) is 7.57. The molecule has 0 N–H and O–H groups in total. The van der Waals surface area contributed by atoms with Crippen molar-refractivity contribution < 1.29 is 4.79 Å². The molecule has 4 nitrogen and oxygen atoms in total. The van der Waals surface area contributed by atoms with E-state index in [1.54, 1.807) is 6.92 Å². The fourth-order valence-electron chi connectivity index (χ4n) is 3.43. The third kappa shape index (κ3) is 2.21. The second-order valence-electron chi connectivity index (χ2n) is 6.36. The Kier molecular flexibility index (Phi) is 3.19. The Hall–Kier alpha value is -1.19. The number of Topliss-reactive ketones (excluding diaryl/α,β-unsaturated/α-hetero) is 1. The summed E-state index contributed by atoms with van der Waals surface area (Å²) < 4.78 is 1.82. The molecule has 0 saturated heterocycles. The Bertz CT molecular complexity index is 469. The monoisotopic (exact) mass is 261 g/mol. The van der Waals surface area contributed by atoms with Crippen LogP contribution in [0, 0.1) is 5.92 Å². The second kappa shape index (κ2) is 4.73. The van der Waals surface area contributed by atoms with Gasteiger partial charge in [0.05, 0.1) is 5.69 Å². The Morgan fingerprint density at radius 3 is 2.63 bits per heavy atom. The molecule has 0 amide bonds. The fraction of sp³-hybridized carbons (Fsp3) is 0.800. The molecule has 0 unspecified atom stereocenters. The topological polar surface area (TPSA) is 47.8 Å². The van der Waals surface area contributed by atoms with Crippen LogP contribution in [0.1, 0.15) is 70.4 Å². The minimum Gasteiger partial charge on any atom is -0.297 e. The largest absolute Gasteiger partial charge is 0.297 e. The minimum atomic E-state index is -0.350. The molecule has 1 heterocycles. The summed E-state index contributed by atoms with van der Waals surface area (Å²) in [6.45, 7) is 3.93. The van der Waals surface area contributed by atoms with Gasteiger partial charge in [0.25, 0.3) is 0 Å². The van der Waals surface area contributed by atoms with E-state index >= 15 is 0 Å². The highest BCUT2D eigenvalue weighted by Gasteiger charge is 2.50. The van der Waals surface area contributed by atoms with Crippen LogP contribution in [0.5, 0.6) is 0 Å². The van der Waals surface area contributed by atoms with Crippen LogP contribution in [-0.2, 0) is 10.3 Å². The molecular formula is C15H23N3O. The van der Waals surface area contributed by atoms with E-state index in [1.165, 1.54) is 32.1 Å². The molecule has 3 rings (SSSR count). The molecule has 19 heavy (non-hydrogen) atoms. The lowest BCUT2D eigenvalue weighted by atomic mass is 9.80. The lowest BCUT2D eigenvalue weighted by molar-refractivity contribution is -0.121. The maximum absolute atomic E-state index is 11.7. The van der Waals surface area contributed by atoms with E-state index in [2.05, 4.69) is 17.2 Å². The summed E-state index contributed by atoms with van der Waals surface area (Å²) in [5, 5.41) is 8.57. The van der Waals surface area contributed by atoms with Gasteiger partial charge in [0.1, 0.15) is 5.54 Å². The van der Waals surface area contributed by atoms with Gasteiger partial charge in [-0.2, -0.15) is 0 Å². The molecule has 2 aliphatic carbocycles. The molecule has 1 aromatic rings. The van der Waals surface area contributed by atoms with Crippen molar-refractivity contribution in [1.82, 2.24) is 15.0 Å². The number of rotatable bonds is 4. The molecule has 0 aromatic carbocycles. The number of hydrogen-bond donors (Lipinski definition) is 0. The van der Waals surface area contributed by atoms with E-state index in [1.807, 2.05) is 10.9 Å². The van der Waals surface area contributed by atoms with Crippen LogP contribution in [-0.4, -0.2) is 20.8 Å². The zero-order valence-corrected chi connectivity index (χ0v) is 11.9. The number of ketones is 1. The van der Waals surface area contributed by atoms with Crippen molar-refractivity contribution >= 4 is 5.78 Å². The van der Waals surface area contributed by atoms with Gasteiger partial charge in [-0.3, -0.25) is 4.79 Å². The standard InChI is InChI=1S/C15H23N3O/c1-11(13-6-4-3-5-7-13)14-10-18(17-16-14)15(8-9-15)12(2)19/h10-11,13H,3-9H2,1-2H3/t11-/m0/s1. The number of aromatic nitrogens is 3. The summed E-state index contributed by atoms with van der Waals surface area (Å²) in [5.41, 5.74) is 0.719. The first-order chi connectivity index (χ1) is 9.13. The SMILES string of the molecule is CC(=O)C1(n2cc([C@@H](C)C3CCCCC3)nn2)CC1. The van der Waals surface area contributed by atoms with Crippen LogP contribution in [0.15, 0.2) is 6.20 Å². The van der Waals surface area contributed by atoms with Crippen molar-refractivity contribution in [1.29, 1.82) is 0 Å². The van der Waals surface area contributed by atoms with Gasteiger partial charge in [0.2, 0.25) is 0 Å². The number of carbonyl (C=O) groups excluding carboxylic acids is 1. The zero-order valence-electron chi connectivity index (χ0n) is 11.9. The van der Waals surface area contributed by atoms with Crippen LogP contribution in [0.4, 0.5) is 0 Å². The van der Waals surface area contributed by atoms with Crippen LogP contribution in [0.3, 0.4) is 0 Å². The van der Waals surface area contributed by atoms with Gasteiger partial charge in [-0.15, -0.1) is 5.10 Å². The van der Waals surface area contributed by atoms with Crippen molar-refractivity contribution in [3.63, 3.8) is 0 Å². The van der Waals surface area contributed by atoms with Crippen molar-refractivity contribution in [2.45, 2.75) is 70.3 Å². The van der Waals surface area contributed by atoms with E-state index in [9.17, 15) is 4.79 Å². The van der Waals surface area contributed by atoms with Crippen molar-refractivity contribution in [3.05, 3.63) is 11.9 Å². The Balaban J connectivity index is 1.76. The molecule has 0 spiro atoms. The van der Waals surface area contributed by atoms with Gasteiger partial charge in [-0.05, 0) is 38.5 Å². The molecule has 2 fully saturated rings. The van der Waals surface area contributed by atoms with E-state index in [0.29, 0.717) is 5.92 Å². The van der Waals surface area contributed by atoms with E-state index in [0.717, 1.165) is 24.5 Å². The number of nitrogens with zero attached hydrogens (tertiary/aromatic N) is 3. The lowest BCUT2D eigenvalue weighted by Gasteiger charge is -2.26. The molecular weight excluding hydrogens is 238 g/mol. The summed E-state index contributed by atoms with van der Waals surface area (Å²) in [6, 6.07) is 0. The van der Waals surface area contributed by atoms with Gasteiger partial charge >= 0.3 is 0 Å². The van der Waals surface area contributed by atoms with Gasteiger partial charge in [-0.1, -0.05) is 31.4 Å². The quantitative estimate of drug-likeness (QED) is 0.837. The van der Waals surface area contributed by atoms with Crippen LogP contribution in [0.2, 0.25) is 0 Å². The van der Waals surface area contributed by atoms with E-state index in [4.69, 9.17) is 0 Å². The average molecular weight is 261 g/mol. The number of carbonyl (C=O) groups is 1. The summed E-state index contributed by atoms with van der Waals surface area (Å²) in [4.78, 5) is 11.7. The zero-order chi connectivity index (χ0) is 13.5. The highest BCUT2D eigenvalue weighted by molar-refractivity contribution is 5.86. The Labute approximate surface area is 114 Å². The van der Waals surface area contributed by atoms with Gasteiger partial charge in [0.15, 0.2) is 5.78 Å². The van der Waals surface area contributed by atoms with Gasteiger partial charge in [-0.25, -0.2) is 4.68 Å². The fourth-order valence-corrected chi connectivity index (χ4v) is 3.43. The molecule has 104 valence electrons. The van der Waals surface area contributed by atoms with Crippen molar-refractivity contribution in [2.75, 3.05) is 0 Å². The average Bonchev–Trinajstić information content (AvgIpc) is 3.11. The Morgan fingerprint density at radius 1 is 1.37 bits per heavy atom. The second-order valence-corrected chi connectivity index (χ2v) is 6.36. The third-order valence-corrected chi connectivity index (χ3v) is 5.15. The maximum Gasteiger partial charge on any atom is 0.157 e. The highest BCUT2D eigenvalue weighted by atomic mass is 16.1. The van der Waals surface area contributed by atoms with E-state index < -0.39 is 0 Å². The predicted octanol–water partition coefficient (Wildman–Crippen LogP) is 3.04. The Morgan fingerprint density at radius 2 is 2.05 bits per heavy atom. The summed E-state index contributed by atoms with van der Waals surface area (Å²) >= 11 is 0.